The number of carbonyl (C=O) groups excluding carboxylic acids is 1. The molecule has 1 aliphatic heterocycles. The smallest absolute Gasteiger partial charge is 0.231 e. The number of fused-ring (bicyclic) bond motifs is 2. The molecule has 4 aromatic rings. The second-order valence-electron chi connectivity index (χ2n) is 5.95. The number of aromatic nitrogens is 4. The number of hydrogen-bond acceptors (Lipinski definition) is 7. The van der Waals surface area contributed by atoms with Crippen molar-refractivity contribution in [2.45, 2.75) is 19.9 Å². The van der Waals surface area contributed by atoms with Crippen LogP contribution in [0.1, 0.15) is 18.2 Å². The summed E-state index contributed by atoms with van der Waals surface area (Å²) >= 11 is 0. The average molecular weight is 347 g/mol. The summed E-state index contributed by atoms with van der Waals surface area (Å²) in [4.78, 5) is 21.3. The molecule has 0 aliphatic carbocycles. The van der Waals surface area contributed by atoms with E-state index in [9.17, 15) is 4.79 Å². The maximum atomic E-state index is 12.6. The SMILES string of the molecule is CCc1noc2cc(C3=Nc4c(-c5ncco5)cnn4CC3=O)ccc12. The summed E-state index contributed by atoms with van der Waals surface area (Å²) in [6.45, 7) is 2.13. The molecule has 1 aliphatic rings. The van der Waals surface area contributed by atoms with Gasteiger partial charge in [0.05, 0.1) is 18.1 Å². The Morgan fingerprint density at radius 3 is 3.04 bits per heavy atom. The molecule has 0 saturated heterocycles. The summed E-state index contributed by atoms with van der Waals surface area (Å²) in [5.74, 6) is 0.852. The number of benzene rings is 1. The van der Waals surface area contributed by atoms with Crippen molar-refractivity contribution in [3.05, 3.63) is 48.1 Å². The highest BCUT2D eigenvalue weighted by molar-refractivity contribution is 6.47. The quantitative estimate of drug-likeness (QED) is 0.565. The van der Waals surface area contributed by atoms with Crippen molar-refractivity contribution >= 4 is 28.3 Å². The van der Waals surface area contributed by atoms with Gasteiger partial charge in [0.2, 0.25) is 11.7 Å². The van der Waals surface area contributed by atoms with Crippen LogP contribution in [0.5, 0.6) is 0 Å². The minimum Gasteiger partial charge on any atom is -0.444 e. The van der Waals surface area contributed by atoms with Crippen molar-refractivity contribution in [1.29, 1.82) is 0 Å². The molecule has 0 fully saturated rings. The third-order valence-electron chi connectivity index (χ3n) is 4.40. The molecule has 26 heavy (non-hydrogen) atoms. The van der Waals surface area contributed by atoms with Gasteiger partial charge in [-0.3, -0.25) is 4.79 Å². The zero-order chi connectivity index (χ0) is 17.7. The van der Waals surface area contributed by atoms with Crippen LogP contribution in [0.3, 0.4) is 0 Å². The first-order chi connectivity index (χ1) is 12.7. The summed E-state index contributed by atoms with van der Waals surface area (Å²) < 4.78 is 12.3. The van der Waals surface area contributed by atoms with Crippen molar-refractivity contribution in [3.63, 3.8) is 0 Å². The maximum Gasteiger partial charge on any atom is 0.231 e. The largest absolute Gasteiger partial charge is 0.444 e. The Hall–Kier alpha value is -3.55. The molecule has 0 spiro atoms. The Balaban J connectivity index is 1.64. The van der Waals surface area contributed by atoms with Crippen LogP contribution in [-0.2, 0) is 17.8 Å². The summed E-state index contributed by atoms with van der Waals surface area (Å²) in [6.07, 6.45) is 5.43. The lowest BCUT2D eigenvalue weighted by molar-refractivity contribution is -0.113. The Labute approximate surface area is 147 Å². The third-order valence-corrected chi connectivity index (χ3v) is 4.40. The molecule has 1 aromatic carbocycles. The van der Waals surface area contributed by atoms with Gasteiger partial charge in [-0.25, -0.2) is 14.7 Å². The van der Waals surface area contributed by atoms with Gasteiger partial charge in [0.25, 0.3) is 0 Å². The molecule has 5 rings (SSSR count). The molecule has 128 valence electrons. The van der Waals surface area contributed by atoms with Gasteiger partial charge in [0, 0.05) is 10.9 Å². The molecule has 0 saturated carbocycles. The minimum atomic E-state index is -0.117. The Morgan fingerprint density at radius 2 is 2.23 bits per heavy atom. The van der Waals surface area contributed by atoms with E-state index in [-0.39, 0.29) is 12.3 Å². The number of Topliss-reactive ketones (excluding diaryl/α,β-unsaturated/α-hetero) is 1. The fourth-order valence-electron chi connectivity index (χ4n) is 3.12. The van der Waals surface area contributed by atoms with Gasteiger partial charge in [-0.1, -0.05) is 18.1 Å². The van der Waals surface area contributed by atoms with Gasteiger partial charge in [-0.05, 0) is 18.6 Å². The number of aryl methyl sites for hydroxylation is 1. The van der Waals surface area contributed by atoms with Crippen LogP contribution in [0, 0.1) is 0 Å². The molecule has 0 bridgehead atoms. The highest BCUT2D eigenvalue weighted by atomic mass is 16.5. The maximum absolute atomic E-state index is 12.6. The van der Waals surface area contributed by atoms with E-state index >= 15 is 0 Å². The first-order valence-corrected chi connectivity index (χ1v) is 8.21. The second kappa shape index (κ2) is 5.48. The molecule has 8 heteroatoms. The Bertz CT molecular complexity index is 1170. The van der Waals surface area contributed by atoms with E-state index in [2.05, 4.69) is 20.2 Å². The van der Waals surface area contributed by atoms with Gasteiger partial charge in [0.1, 0.15) is 24.1 Å². The third kappa shape index (κ3) is 2.12. The topological polar surface area (TPSA) is 99.3 Å². The van der Waals surface area contributed by atoms with E-state index in [1.54, 1.807) is 23.1 Å². The number of hydrogen-bond donors (Lipinski definition) is 0. The summed E-state index contributed by atoms with van der Waals surface area (Å²) in [5.41, 5.74) is 3.23. The molecule has 0 unspecified atom stereocenters. The highest BCUT2D eigenvalue weighted by Gasteiger charge is 2.26. The summed E-state index contributed by atoms with van der Waals surface area (Å²) in [7, 11) is 0. The van der Waals surface area contributed by atoms with E-state index in [0.29, 0.717) is 34.1 Å². The first kappa shape index (κ1) is 14.8. The van der Waals surface area contributed by atoms with Crippen LogP contribution in [-0.4, -0.2) is 31.4 Å². The van der Waals surface area contributed by atoms with Crippen LogP contribution in [0.15, 0.2) is 50.8 Å². The van der Waals surface area contributed by atoms with Gasteiger partial charge in [0.15, 0.2) is 11.4 Å². The normalized spacial score (nSPS) is 13.9. The van der Waals surface area contributed by atoms with Crippen molar-refractivity contribution in [2.75, 3.05) is 0 Å². The van der Waals surface area contributed by atoms with Crippen LogP contribution in [0.4, 0.5) is 5.82 Å². The highest BCUT2D eigenvalue weighted by Crippen LogP contribution is 2.32. The monoisotopic (exact) mass is 347 g/mol. The lowest BCUT2D eigenvalue weighted by atomic mass is 10.0. The van der Waals surface area contributed by atoms with E-state index in [1.165, 1.54) is 6.26 Å². The Kier molecular flexibility index (Phi) is 3.11. The molecule has 4 heterocycles. The molecule has 0 radical (unpaired) electrons. The fourth-order valence-corrected chi connectivity index (χ4v) is 3.12. The van der Waals surface area contributed by atoms with Crippen LogP contribution in [0.25, 0.3) is 22.4 Å². The van der Waals surface area contributed by atoms with Crippen molar-refractivity contribution in [1.82, 2.24) is 19.9 Å². The van der Waals surface area contributed by atoms with E-state index in [0.717, 1.165) is 17.5 Å². The molecule has 3 aromatic heterocycles. The van der Waals surface area contributed by atoms with E-state index in [4.69, 9.17) is 8.94 Å². The summed E-state index contributed by atoms with van der Waals surface area (Å²) in [5, 5.41) is 9.23. The molecular formula is C18H13N5O3. The number of carbonyl (C=O) groups is 1. The van der Waals surface area contributed by atoms with Crippen molar-refractivity contribution < 1.29 is 13.7 Å². The second-order valence-corrected chi connectivity index (χ2v) is 5.95. The predicted octanol–water partition coefficient (Wildman–Crippen LogP) is 2.95. The zero-order valence-corrected chi connectivity index (χ0v) is 13.8. The predicted molar refractivity (Wildman–Crippen MR) is 92.3 cm³/mol. The molecule has 0 N–H and O–H groups in total. The molecule has 0 amide bonds. The lowest BCUT2D eigenvalue weighted by Crippen LogP contribution is -2.25. The minimum absolute atomic E-state index is 0.115. The van der Waals surface area contributed by atoms with Crippen molar-refractivity contribution in [2.24, 2.45) is 4.99 Å². The van der Waals surface area contributed by atoms with Crippen molar-refractivity contribution in [3.8, 4) is 11.5 Å². The van der Waals surface area contributed by atoms with Gasteiger partial charge in [-0.15, -0.1) is 0 Å². The standard InChI is InChI=1S/C18H13N5O3/c1-2-13-11-4-3-10(7-15(11)26-22-13)16-14(24)9-23-17(21-16)12(8-20-23)18-19-5-6-25-18/h3-8H,2,9H2,1H3. The number of oxazole rings is 1. The van der Waals surface area contributed by atoms with E-state index in [1.807, 2.05) is 19.1 Å². The average Bonchev–Trinajstić information content (AvgIpc) is 3.39. The van der Waals surface area contributed by atoms with Crippen LogP contribution in [0.2, 0.25) is 0 Å². The number of rotatable bonds is 3. The number of aliphatic imine (C=N–C) groups is 1. The number of nitrogens with zero attached hydrogens (tertiary/aromatic N) is 5. The zero-order valence-electron chi connectivity index (χ0n) is 13.8. The molecule has 8 nitrogen and oxygen atoms in total. The van der Waals surface area contributed by atoms with Crippen LogP contribution >= 0.6 is 0 Å². The molecule has 0 atom stereocenters. The van der Waals surface area contributed by atoms with E-state index < -0.39 is 0 Å². The van der Waals surface area contributed by atoms with Gasteiger partial charge < -0.3 is 8.94 Å². The molecular weight excluding hydrogens is 334 g/mol. The summed E-state index contributed by atoms with van der Waals surface area (Å²) in [6, 6.07) is 5.58. The number of ketones is 1. The van der Waals surface area contributed by atoms with Crippen LogP contribution < -0.4 is 0 Å². The fraction of sp³-hybridized carbons (Fsp3) is 0.167. The Morgan fingerprint density at radius 1 is 1.31 bits per heavy atom. The van der Waals surface area contributed by atoms with Gasteiger partial charge >= 0.3 is 0 Å². The van der Waals surface area contributed by atoms with Gasteiger partial charge in [-0.2, -0.15) is 5.10 Å². The first-order valence-electron chi connectivity index (χ1n) is 8.21. The lowest BCUT2D eigenvalue weighted by Gasteiger charge is -2.13.